The molecule has 0 aliphatic heterocycles. The summed E-state index contributed by atoms with van der Waals surface area (Å²) < 4.78 is 0. The highest BCUT2D eigenvalue weighted by Crippen LogP contribution is 1.83. The van der Waals surface area contributed by atoms with Crippen LogP contribution in [0, 0.1) is 0 Å². The Morgan fingerprint density at radius 3 is 1.23 bits per heavy atom. The van der Waals surface area contributed by atoms with Gasteiger partial charge in [-0.25, -0.2) is 0 Å². The van der Waals surface area contributed by atoms with E-state index in [4.69, 9.17) is 47.1 Å². The molecule has 0 unspecified atom stereocenters. The Balaban J connectivity index is 3.56. The van der Waals surface area contributed by atoms with Crippen LogP contribution in [-0.4, -0.2) is 47.1 Å². The molecule has 0 aliphatic rings. The average Bonchev–Trinajstić information content (AvgIpc) is 2.13. The van der Waals surface area contributed by atoms with Gasteiger partial charge < -0.3 is 0 Å². The van der Waals surface area contributed by atoms with Crippen LogP contribution in [0.5, 0.6) is 0 Å². The van der Waals surface area contributed by atoms with Crippen LogP contribution >= 0.6 is 0 Å². The van der Waals surface area contributed by atoms with Crippen molar-refractivity contribution in [2.75, 3.05) is 0 Å². The molecule has 0 spiro atoms. The maximum atomic E-state index is 5.64. The summed E-state index contributed by atoms with van der Waals surface area (Å²) in [4.78, 5) is 0. The first-order chi connectivity index (χ1) is 6.00. The lowest BCUT2D eigenvalue weighted by Crippen LogP contribution is -2.56. The van der Waals surface area contributed by atoms with Crippen LogP contribution in [0.15, 0.2) is 0 Å². The average molecular weight is 151 g/mol. The van der Waals surface area contributed by atoms with Crippen molar-refractivity contribution in [1.82, 2.24) is 0 Å². The highest BCUT2D eigenvalue weighted by atomic mass is 14.0. The SMILES string of the molecule is [B]Cc1c([B])c([B])c([B])c([B])c1[B]. The highest BCUT2D eigenvalue weighted by Gasteiger charge is 2.07. The number of rotatable bonds is 1. The summed E-state index contributed by atoms with van der Waals surface area (Å²) in [5.74, 6) is 0. The van der Waals surface area contributed by atoms with Crippen LogP contribution in [0.1, 0.15) is 5.56 Å². The standard InChI is InChI=1S/C7H2B6/c8-1-2-3(9)5(11)7(13)6(12)4(2)10/h1H2. The van der Waals surface area contributed by atoms with Gasteiger partial charge in [0.15, 0.2) is 0 Å². The molecule has 0 amide bonds. The maximum Gasteiger partial charge on any atom is 0.113 e. The minimum atomic E-state index is 0.187. The van der Waals surface area contributed by atoms with Crippen LogP contribution in [0.4, 0.5) is 0 Å². The lowest BCUT2D eigenvalue weighted by Gasteiger charge is -2.19. The summed E-state index contributed by atoms with van der Waals surface area (Å²) in [5.41, 5.74) is 1.87. The van der Waals surface area contributed by atoms with Crippen molar-refractivity contribution in [2.24, 2.45) is 0 Å². The number of hydrogen-bond donors (Lipinski definition) is 0. The van der Waals surface area contributed by atoms with Crippen molar-refractivity contribution in [2.45, 2.75) is 6.32 Å². The lowest BCUT2D eigenvalue weighted by molar-refractivity contribution is 1.50. The van der Waals surface area contributed by atoms with Gasteiger partial charge >= 0.3 is 0 Å². The first-order valence-corrected chi connectivity index (χ1v) is 3.71. The van der Waals surface area contributed by atoms with Gasteiger partial charge in [-0.2, -0.15) is 0 Å². The van der Waals surface area contributed by atoms with Crippen molar-refractivity contribution in [1.29, 1.82) is 0 Å². The van der Waals surface area contributed by atoms with Crippen LogP contribution in [0.3, 0.4) is 0 Å². The Morgan fingerprint density at radius 1 is 0.615 bits per heavy atom. The third-order valence-corrected chi connectivity index (χ3v) is 2.02. The molecule has 0 aliphatic carbocycles. The number of benzene rings is 1. The smallest absolute Gasteiger partial charge is 0.112 e. The first kappa shape index (κ1) is 10.7. The van der Waals surface area contributed by atoms with Crippen molar-refractivity contribution >= 4 is 74.4 Å². The van der Waals surface area contributed by atoms with Gasteiger partial charge in [0, 0.05) is 0 Å². The minimum absolute atomic E-state index is 0.187. The van der Waals surface area contributed by atoms with E-state index in [9.17, 15) is 0 Å². The molecule has 13 heavy (non-hydrogen) atoms. The van der Waals surface area contributed by atoms with E-state index in [1.54, 1.807) is 0 Å². The molecule has 1 rings (SSSR count). The Labute approximate surface area is 86.7 Å². The quantitative estimate of drug-likeness (QED) is 0.354. The fourth-order valence-corrected chi connectivity index (χ4v) is 1.13. The first-order valence-electron chi connectivity index (χ1n) is 3.71. The van der Waals surface area contributed by atoms with Crippen LogP contribution in [0.2, 0.25) is 0 Å². The van der Waals surface area contributed by atoms with E-state index in [0.717, 1.165) is 0 Å². The minimum Gasteiger partial charge on any atom is -0.112 e. The van der Waals surface area contributed by atoms with E-state index in [2.05, 4.69) is 0 Å². The topological polar surface area (TPSA) is 0 Å². The van der Waals surface area contributed by atoms with Crippen LogP contribution in [-0.2, 0) is 6.32 Å². The molecular weight excluding hydrogens is 149 g/mol. The Morgan fingerprint density at radius 2 is 0.923 bits per heavy atom. The van der Waals surface area contributed by atoms with Crippen LogP contribution in [0.25, 0.3) is 0 Å². The van der Waals surface area contributed by atoms with Gasteiger partial charge in [-0.1, -0.05) is 11.9 Å². The maximum absolute atomic E-state index is 5.64. The molecule has 0 atom stereocenters. The summed E-state index contributed by atoms with van der Waals surface area (Å²) in [7, 11) is 33.4. The van der Waals surface area contributed by atoms with E-state index in [1.165, 1.54) is 0 Å². The molecule has 0 nitrogen and oxygen atoms in total. The van der Waals surface area contributed by atoms with E-state index in [1.807, 2.05) is 0 Å². The lowest BCUT2D eigenvalue weighted by atomic mass is 9.59. The van der Waals surface area contributed by atoms with Gasteiger partial charge in [-0.05, 0) is 0 Å². The Kier molecular flexibility index (Phi) is 3.10. The Hall–Kier alpha value is -0.390. The molecule has 1 aromatic carbocycles. The van der Waals surface area contributed by atoms with Gasteiger partial charge in [-0.3, -0.25) is 0 Å². The molecule has 48 valence electrons. The normalized spacial score (nSPS) is 10.2. The summed E-state index contributed by atoms with van der Waals surface area (Å²) in [6.07, 6.45) is 0.187. The van der Waals surface area contributed by atoms with Gasteiger partial charge in [0.1, 0.15) is 39.2 Å². The van der Waals surface area contributed by atoms with Crippen molar-refractivity contribution in [3.63, 3.8) is 0 Å². The monoisotopic (exact) mass is 152 g/mol. The zero-order chi connectivity index (χ0) is 10.2. The largest absolute Gasteiger partial charge is 0.113 e. The zero-order valence-corrected chi connectivity index (χ0v) is 7.17. The summed E-state index contributed by atoms with van der Waals surface area (Å²) in [5, 5.41) is 0. The molecule has 1 aromatic rings. The molecule has 0 saturated carbocycles. The molecule has 0 saturated heterocycles. The molecule has 0 N–H and O–H groups in total. The van der Waals surface area contributed by atoms with E-state index in [0.29, 0.717) is 16.5 Å². The third-order valence-electron chi connectivity index (χ3n) is 2.02. The predicted molar refractivity (Wildman–Crippen MR) is 62.8 cm³/mol. The van der Waals surface area contributed by atoms with Crippen molar-refractivity contribution in [3.05, 3.63) is 5.56 Å². The zero-order valence-electron chi connectivity index (χ0n) is 7.17. The fraction of sp³-hybridized carbons (Fsp3) is 0.143. The van der Waals surface area contributed by atoms with E-state index < -0.39 is 0 Å². The van der Waals surface area contributed by atoms with Gasteiger partial charge in [0.05, 0.1) is 7.85 Å². The Bertz CT molecular complexity index is 316. The van der Waals surface area contributed by atoms with Gasteiger partial charge in [0.2, 0.25) is 0 Å². The second-order valence-corrected chi connectivity index (χ2v) is 2.75. The second kappa shape index (κ2) is 3.77. The third kappa shape index (κ3) is 1.63. The summed E-state index contributed by atoms with van der Waals surface area (Å²) in [6, 6.07) is 0. The van der Waals surface area contributed by atoms with E-state index >= 15 is 0 Å². The molecular formula is C7H2B6. The molecule has 0 heterocycles. The predicted octanol–water partition coefficient (Wildman–Crippen LogP) is -4.68. The highest BCUT2D eigenvalue weighted by molar-refractivity contribution is 6.67. The van der Waals surface area contributed by atoms with Crippen LogP contribution < -0.4 is 27.3 Å². The molecule has 0 fully saturated rings. The molecule has 0 aromatic heterocycles. The van der Waals surface area contributed by atoms with Gasteiger partial charge in [-0.15, -0.1) is 27.3 Å². The fourth-order valence-electron chi connectivity index (χ4n) is 1.13. The second-order valence-electron chi connectivity index (χ2n) is 2.75. The summed E-state index contributed by atoms with van der Waals surface area (Å²) >= 11 is 0. The van der Waals surface area contributed by atoms with Crippen molar-refractivity contribution in [3.8, 4) is 0 Å². The number of hydrogen-bond acceptors (Lipinski definition) is 0. The molecule has 0 bridgehead atoms. The van der Waals surface area contributed by atoms with Gasteiger partial charge in [0.25, 0.3) is 0 Å². The summed E-state index contributed by atoms with van der Waals surface area (Å²) in [6.45, 7) is 0. The van der Waals surface area contributed by atoms with E-state index in [-0.39, 0.29) is 22.7 Å². The molecule has 12 radical (unpaired) electrons. The molecule has 6 heteroatoms. The van der Waals surface area contributed by atoms with Crippen molar-refractivity contribution < 1.29 is 0 Å².